The van der Waals surface area contributed by atoms with Crippen LogP contribution in [0.5, 0.6) is 0 Å². The lowest BCUT2D eigenvalue weighted by molar-refractivity contribution is 0.0712. The van der Waals surface area contributed by atoms with E-state index in [0.717, 1.165) is 4.88 Å². The van der Waals surface area contributed by atoms with Crippen molar-refractivity contribution in [3.8, 4) is 0 Å². The summed E-state index contributed by atoms with van der Waals surface area (Å²) in [7, 11) is 0. The van der Waals surface area contributed by atoms with E-state index in [1.165, 1.54) is 11.3 Å². The van der Waals surface area contributed by atoms with Gasteiger partial charge in [0.2, 0.25) is 0 Å². The molecule has 0 aliphatic rings. The summed E-state index contributed by atoms with van der Waals surface area (Å²) in [6.07, 6.45) is 1.69. The first-order valence-electron chi connectivity index (χ1n) is 4.97. The molecule has 16 heavy (non-hydrogen) atoms. The highest BCUT2D eigenvalue weighted by molar-refractivity contribution is 7.10. The average molecular weight is 239 g/mol. The summed E-state index contributed by atoms with van der Waals surface area (Å²) < 4.78 is 0. The maximum absolute atomic E-state index is 10.1. The standard InChI is InChI=1S/C11H17N3OS/c1-3-6-13-10(12)14-8-11(2,15)9-5-4-7-16-9/h3-5,7,15H,1,6,8H2,2H3,(H3,12,13,14). The van der Waals surface area contributed by atoms with Crippen LogP contribution < -0.4 is 11.1 Å². The van der Waals surface area contributed by atoms with Gasteiger partial charge in [0.15, 0.2) is 5.96 Å². The smallest absolute Gasteiger partial charge is 0.188 e. The van der Waals surface area contributed by atoms with E-state index in [-0.39, 0.29) is 6.54 Å². The summed E-state index contributed by atoms with van der Waals surface area (Å²) in [4.78, 5) is 4.96. The molecule has 0 aliphatic carbocycles. The second-order valence-electron chi connectivity index (χ2n) is 3.62. The van der Waals surface area contributed by atoms with Gasteiger partial charge in [0.25, 0.3) is 0 Å². The minimum atomic E-state index is -0.964. The normalized spacial score (nSPS) is 15.5. The van der Waals surface area contributed by atoms with Crippen molar-refractivity contribution >= 4 is 17.3 Å². The molecule has 1 heterocycles. The molecule has 88 valence electrons. The molecule has 1 aromatic rings. The summed E-state index contributed by atoms with van der Waals surface area (Å²) in [5, 5.41) is 14.9. The van der Waals surface area contributed by atoms with Crippen molar-refractivity contribution in [1.29, 1.82) is 0 Å². The number of aliphatic hydroxyl groups is 1. The minimum Gasteiger partial charge on any atom is -0.383 e. The maximum Gasteiger partial charge on any atom is 0.188 e. The third kappa shape index (κ3) is 3.67. The molecule has 0 radical (unpaired) electrons. The summed E-state index contributed by atoms with van der Waals surface area (Å²) >= 11 is 1.50. The Kier molecular flexibility index (Phi) is 4.52. The van der Waals surface area contributed by atoms with Crippen LogP contribution in [0.2, 0.25) is 0 Å². The van der Waals surface area contributed by atoms with E-state index in [4.69, 9.17) is 5.73 Å². The fourth-order valence-electron chi connectivity index (χ4n) is 1.13. The van der Waals surface area contributed by atoms with Crippen LogP contribution in [0, 0.1) is 0 Å². The zero-order chi connectivity index (χ0) is 12.0. The Morgan fingerprint density at radius 3 is 3.12 bits per heavy atom. The molecule has 0 spiro atoms. The van der Waals surface area contributed by atoms with Gasteiger partial charge in [0.05, 0.1) is 6.54 Å². The number of aliphatic imine (C=N–C) groups is 1. The van der Waals surface area contributed by atoms with Crippen molar-refractivity contribution in [1.82, 2.24) is 5.32 Å². The van der Waals surface area contributed by atoms with Gasteiger partial charge in [-0.3, -0.25) is 4.99 Å². The SMILES string of the molecule is C=CCNC(N)=NCC(C)(O)c1cccs1. The van der Waals surface area contributed by atoms with Crippen molar-refractivity contribution in [3.63, 3.8) is 0 Å². The number of rotatable bonds is 5. The van der Waals surface area contributed by atoms with Gasteiger partial charge in [-0.25, -0.2) is 0 Å². The molecule has 0 saturated carbocycles. The van der Waals surface area contributed by atoms with E-state index >= 15 is 0 Å². The van der Waals surface area contributed by atoms with Crippen molar-refractivity contribution in [2.24, 2.45) is 10.7 Å². The Balaban J connectivity index is 2.56. The molecule has 1 rings (SSSR count). The van der Waals surface area contributed by atoms with Gasteiger partial charge in [-0.15, -0.1) is 17.9 Å². The summed E-state index contributed by atoms with van der Waals surface area (Å²) in [6.45, 7) is 6.09. The number of nitrogens with two attached hydrogens (primary N) is 1. The zero-order valence-electron chi connectivity index (χ0n) is 9.31. The van der Waals surface area contributed by atoms with Gasteiger partial charge in [-0.2, -0.15) is 0 Å². The molecule has 1 unspecified atom stereocenters. The first-order chi connectivity index (χ1) is 7.56. The summed E-state index contributed by atoms with van der Waals surface area (Å²) in [5.74, 6) is 0.316. The molecule has 1 aromatic heterocycles. The highest BCUT2D eigenvalue weighted by atomic mass is 32.1. The fourth-order valence-corrected chi connectivity index (χ4v) is 1.91. The summed E-state index contributed by atoms with van der Waals surface area (Å²) in [6, 6.07) is 3.78. The Morgan fingerprint density at radius 2 is 2.56 bits per heavy atom. The molecule has 0 saturated heterocycles. The van der Waals surface area contributed by atoms with Crippen LogP contribution in [-0.4, -0.2) is 24.2 Å². The number of nitrogens with one attached hydrogen (secondary N) is 1. The van der Waals surface area contributed by atoms with E-state index < -0.39 is 5.60 Å². The second kappa shape index (κ2) is 5.67. The van der Waals surface area contributed by atoms with E-state index in [1.54, 1.807) is 13.0 Å². The lowest BCUT2D eigenvalue weighted by atomic mass is 10.1. The topological polar surface area (TPSA) is 70.6 Å². The maximum atomic E-state index is 10.1. The van der Waals surface area contributed by atoms with Crippen molar-refractivity contribution in [2.75, 3.05) is 13.1 Å². The first kappa shape index (κ1) is 12.7. The number of guanidine groups is 1. The van der Waals surface area contributed by atoms with E-state index in [0.29, 0.717) is 12.5 Å². The van der Waals surface area contributed by atoms with Crippen LogP contribution in [0.1, 0.15) is 11.8 Å². The largest absolute Gasteiger partial charge is 0.383 e. The number of thiophene rings is 1. The van der Waals surface area contributed by atoms with Crippen LogP contribution in [0.3, 0.4) is 0 Å². The Morgan fingerprint density at radius 1 is 1.81 bits per heavy atom. The first-order valence-corrected chi connectivity index (χ1v) is 5.85. The van der Waals surface area contributed by atoms with E-state index in [1.807, 2.05) is 17.5 Å². The van der Waals surface area contributed by atoms with Crippen molar-refractivity contribution < 1.29 is 5.11 Å². The van der Waals surface area contributed by atoms with Crippen molar-refractivity contribution in [2.45, 2.75) is 12.5 Å². The Labute approximate surface area is 99.5 Å². The van der Waals surface area contributed by atoms with Gasteiger partial charge in [0.1, 0.15) is 5.60 Å². The van der Waals surface area contributed by atoms with E-state index in [9.17, 15) is 5.11 Å². The lowest BCUT2D eigenvalue weighted by Crippen LogP contribution is -2.34. The molecule has 0 bridgehead atoms. The molecule has 0 aliphatic heterocycles. The molecule has 0 fully saturated rings. The second-order valence-corrected chi connectivity index (χ2v) is 4.57. The quantitative estimate of drug-likeness (QED) is 0.408. The molecule has 4 nitrogen and oxygen atoms in total. The monoisotopic (exact) mass is 239 g/mol. The van der Waals surface area contributed by atoms with Crippen LogP contribution in [0.25, 0.3) is 0 Å². The van der Waals surface area contributed by atoms with Gasteiger partial charge in [0, 0.05) is 11.4 Å². The number of nitrogens with zero attached hydrogens (tertiary/aromatic N) is 1. The van der Waals surface area contributed by atoms with E-state index in [2.05, 4.69) is 16.9 Å². The zero-order valence-corrected chi connectivity index (χ0v) is 10.1. The van der Waals surface area contributed by atoms with Crippen LogP contribution in [0.15, 0.2) is 35.2 Å². The van der Waals surface area contributed by atoms with Crippen molar-refractivity contribution in [3.05, 3.63) is 35.0 Å². The predicted molar refractivity (Wildman–Crippen MR) is 68.6 cm³/mol. The molecular weight excluding hydrogens is 222 g/mol. The third-order valence-electron chi connectivity index (χ3n) is 2.04. The molecule has 0 aromatic carbocycles. The molecule has 0 amide bonds. The van der Waals surface area contributed by atoms with Gasteiger partial charge in [-0.05, 0) is 18.4 Å². The van der Waals surface area contributed by atoms with Crippen LogP contribution in [0.4, 0.5) is 0 Å². The average Bonchev–Trinajstić information content (AvgIpc) is 2.77. The molecule has 4 N–H and O–H groups in total. The van der Waals surface area contributed by atoms with Crippen LogP contribution in [-0.2, 0) is 5.60 Å². The fraction of sp³-hybridized carbons (Fsp3) is 0.364. The van der Waals surface area contributed by atoms with Gasteiger partial charge in [-0.1, -0.05) is 12.1 Å². The number of hydrogen-bond acceptors (Lipinski definition) is 3. The summed E-state index contributed by atoms with van der Waals surface area (Å²) in [5.41, 5.74) is 4.64. The van der Waals surface area contributed by atoms with Gasteiger partial charge >= 0.3 is 0 Å². The predicted octanol–water partition coefficient (Wildman–Crippen LogP) is 1.05. The molecular formula is C11H17N3OS. The van der Waals surface area contributed by atoms with Gasteiger partial charge < -0.3 is 16.2 Å². The molecule has 5 heteroatoms. The number of hydrogen-bond donors (Lipinski definition) is 3. The minimum absolute atomic E-state index is 0.240. The highest BCUT2D eigenvalue weighted by Gasteiger charge is 2.23. The third-order valence-corrected chi connectivity index (χ3v) is 3.16. The molecule has 1 atom stereocenters. The Hall–Kier alpha value is -1.33. The Bertz CT molecular complexity index is 357. The lowest BCUT2D eigenvalue weighted by Gasteiger charge is -2.19. The highest BCUT2D eigenvalue weighted by Crippen LogP contribution is 2.25. The van der Waals surface area contributed by atoms with Crippen LogP contribution >= 0.6 is 11.3 Å².